The van der Waals surface area contributed by atoms with E-state index in [9.17, 15) is 18.3 Å². The molecule has 0 spiro atoms. The maximum Gasteiger partial charge on any atom is 0.404 e. The van der Waals surface area contributed by atoms with Gasteiger partial charge in [-0.3, -0.25) is 0 Å². The zero-order chi connectivity index (χ0) is 38.3. The predicted octanol–water partition coefficient (Wildman–Crippen LogP) is 4.84. The number of sulfonamides is 1. The summed E-state index contributed by atoms with van der Waals surface area (Å²) in [4.78, 5) is 10.3. The molecule has 1 heterocycles. The van der Waals surface area contributed by atoms with E-state index in [2.05, 4.69) is 20.8 Å². The molecule has 280 valence electrons. The molecule has 1 amide bonds. The van der Waals surface area contributed by atoms with E-state index >= 15 is 8.42 Å². The second-order valence-electron chi connectivity index (χ2n) is 11.8. The van der Waals surface area contributed by atoms with E-state index in [1.165, 1.54) is 42.3 Å². The topological polar surface area (TPSA) is 192 Å². The number of aromatic nitrogens is 4. The second kappa shape index (κ2) is 16.9. The summed E-state index contributed by atoms with van der Waals surface area (Å²) >= 11 is 1.94. The lowest BCUT2D eigenvalue weighted by atomic mass is 10.2. The highest BCUT2D eigenvalue weighted by atomic mass is 127. The number of methoxy groups -OCH3 is 3. The minimum atomic E-state index is -4.76. The third-order valence-corrected chi connectivity index (χ3v) is 13.4. The van der Waals surface area contributed by atoms with Gasteiger partial charge < -0.3 is 24.6 Å². The van der Waals surface area contributed by atoms with Gasteiger partial charge in [0.15, 0.2) is 15.7 Å². The average Bonchev–Trinajstić information content (AvgIpc) is 3.61. The van der Waals surface area contributed by atoms with Crippen molar-refractivity contribution >= 4 is 48.5 Å². The zero-order valence-electron chi connectivity index (χ0n) is 29.1. The smallest absolute Gasteiger partial charge is 0.404 e. The van der Waals surface area contributed by atoms with Gasteiger partial charge in [-0.05, 0) is 105 Å². The Hall–Kier alpha value is -4.79. The summed E-state index contributed by atoms with van der Waals surface area (Å²) < 4.78 is 78.2. The van der Waals surface area contributed by atoms with Gasteiger partial charge in [-0.2, -0.15) is 4.31 Å². The first-order chi connectivity index (χ1) is 25.3. The van der Waals surface area contributed by atoms with Gasteiger partial charge in [-0.25, -0.2) is 26.3 Å². The standard InChI is InChI=1S/C35H37IN6O9S2/c1-23(19-37-35(43)44)52(45,46)31-18-17-30(36)32(34-38-39-40-42(34)22-26-9-15-29(51-4)16-10-26)33(31)53(47,48)41(20-24-5-11-27(49-2)12-6-24)21-25-7-13-28(50-3)14-8-25/h5-18,23,37H,19-22H2,1-4H3,(H,43,44). The van der Waals surface area contributed by atoms with Crippen LogP contribution in [0, 0.1) is 3.57 Å². The summed E-state index contributed by atoms with van der Waals surface area (Å²) in [6, 6.07) is 23.5. The molecule has 2 N–H and O–H groups in total. The van der Waals surface area contributed by atoms with Crippen LogP contribution in [0.3, 0.4) is 0 Å². The molecule has 0 fully saturated rings. The van der Waals surface area contributed by atoms with Crippen LogP contribution in [0.5, 0.6) is 17.2 Å². The number of tetrazole rings is 1. The lowest BCUT2D eigenvalue weighted by molar-refractivity contribution is 0.194. The van der Waals surface area contributed by atoms with E-state index in [1.807, 2.05) is 22.6 Å². The molecule has 1 atom stereocenters. The van der Waals surface area contributed by atoms with Crippen molar-refractivity contribution in [3.05, 3.63) is 105 Å². The molecule has 15 nitrogen and oxygen atoms in total. The summed E-state index contributed by atoms with van der Waals surface area (Å²) in [5.41, 5.74) is 1.93. The van der Waals surface area contributed by atoms with Crippen LogP contribution in [0.4, 0.5) is 4.79 Å². The average molecular weight is 877 g/mol. The van der Waals surface area contributed by atoms with Crippen molar-refractivity contribution in [1.29, 1.82) is 0 Å². The van der Waals surface area contributed by atoms with Gasteiger partial charge in [-0.15, -0.1) is 5.10 Å². The molecule has 18 heteroatoms. The maximum atomic E-state index is 15.4. The molecule has 0 saturated carbocycles. The highest BCUT2D eigenvalue weighted by Crippen LogP contribution is 2.39. The lowest BCUT2D eigenvalue weighted by Crippen LogP contribution is -2.36. The molecule has 0 aliphatic heterocycles. The number of sulfone groups is 1. The molecule has 5 rings (SSSR count). The number of carbonyl (C=O) groups is 1. The SMILES string of the molecule is COc1ccc(CN(Cc2ccc(OC)cc2)S(=O)(=O)c2c(S(=O)(=O)C(C)CNC(=O)O)ccc(I)c2-c2nnnn2Cc2ccc(OC)cc2)cc1. The van der Waals surface area contributed by atoms with Crippen LogP contribution in [0.2, 0.25) is 0 Å². The third-order valence-electron chi connectivity index (χ3n) is 8.33. The van der Waals surface area contributed by atoms with Crippen molar-refractivity contribution in [3.8, 4) is 28.6 Å². The molecule has 1 unspecified atom stereocenters. The first kappa shape index (κ1) is 39.4. The van der Waals surface area contributed by atoms with Gasteiger partial charge in [0.05, 0.1) is 43.6 Å². The Balaban J connectivity index is 1.74. The number of rotatable bonds is 16. The van der Waals surface area contributed by atoms with E-state index in [0.717, 1.165) is 5.56 Å². The molecule has 0 aliphatic rings. The number of halogens is 1. The van der Waals surface area contributed by atoms with Crippen molar-refractivity contribution in [3.63, 3.8) is 0 Å². The Morgan fingerprint density at radius 2 is 1.30 bits per heavy atom. The van der Waals surface area contributed by atoms with E-state index in [1.54, 1.807) is 79.9 Å². The van der Waals surface area contributed by atoms with Gasteiger partial charge in [-0.1, -0.05) is 36.4 Å². The third kappa shape index (κ3) is 9.06. The maximum absolute atomic E-state index is 15.4. The molecule has 0 aliphatic carbocycles. The highest BCUT2D eigenvalue weighted by molar-refractivity contribution is 14.1. The molecule has 0 saturated heterocycles. The highest BCUT2D eigenvalue weighted by Gasteiger charge is 2.39. The number of hydrogen-bond acceptors (Lipinski definition) is 11. The molecule has 4 aromatic carbocycles. The largest absolute Gasteiger partial charge is 0.497 e. The Bertz CT molecular complexity index is 2220. The lowest BCUT2D eigenvalue weighted by Gasteiger charge is -2.26. The normalized spacial score (nSPS) is 12.3. The molecule has 1 aromatic heterocycles. The molecule has 0 bridgehead atoms. The zero-order valence-corrected chi connectivity index (χ0v) is 32.9. The quantitative estimate of drug-likeness (QED) is 0.129. The predicted molar refractivity (Wildman–Crippen MR) is 203 cm³/mol. The first-order valence-corrected chi connectivity index (χ1v) is 20.0. The van der Waals surface area contributed by atoms with Crippen LogP contribution in [-0.4, -0.2) is 85.7 Å². The molecule has 53 heavy (non-hydrogen) atoms. The first-order valence-electron chi connectivity index (χ1n) is 16.0. The van der Waals surface area contributed by atoms with Crippen LogP contribution in [-0.2, 0) is 39.5 Å². The van der Waals surface area contributed by atoms with Gasteiger partial charge in [0, 0.05) is 23.2 Å². The summed E-state index contributed by atoms with van der Waals surface area (Å²) in [5, 5.41) is 22.2. The number of carboxylic acid groups (broad SMARTS) is 1. The number of hydrogen-bond donors (Lipinski definition) is 2. The minimum Gasteiger partial charge on any atom is -0.497 e. The number of nitrogens with one attached hydrogen (secondary N) is 1. The summed E-state index contributed by atoms with van der Waals surface area (Å²) in [7, 11) is -4.69. The second-order valence-corrected chi connectivity index (χ2v) is 17.1. The Kier molecular flexibility index (Phi) is 12.6. The van der Waals surface area contributed by atoms with E-state index in [-0.39, 0.29) is 31.0 Å². The molecule has 5 aromatic rings. The van der Waals surface area contributed by atoms with Crippen molar-refractivity contribution in [1.82, 2.24) is 29.8 Å². The number of ether oxygens (including phenoxy) is 3. The van der Waals surface area contributed by atoms with Gasteiger partial charge in [0.25, 0.3) is 0 Å². The van der Waals surface area contributed by atoms with E-state index in [0.29, 0.717) is 31.9 Å². The molecular weight excluding hydrogens is 839 g/mol. The van der Waals surface area contributed by atoms with E-state index in [4.69, 9.17) is 14.2 Å². The van der Waals surface area contributed by atoms with E-state index < -0.39 is 47.5 Å². The summed E-state index contributed by atoms with van der Waals surface area (Å²) in [6.45, 7) is 0.610. The molecular formula is C35H37IN6O9S2. The van der Waals surface area contributed by atoms with Crippen molar-refractivity contribution in [2.45, 2.75) is 41.6 Å². The van der Waals surface area contributed by atoms with Crippen molar-refractivity contribution in [2.24, 2.45) is 0 Å². The Labute approximate surface area is 321 Å². The van der Waals surface area contributed by atoms with Crippen LogP contribution in [0.1, 0.15) is 23.6 Å². The van der Waals surface area contributed by atoms with Crippen LogP contribution >= 0.6 is 22.6 Å². The van der Waals surface area contributed by atoms with Gasteiger partial charge in [0.2, 0.25) is 10.0 Å². The number of nitrogens with zero attached hydrogens (tertiary/aromatic N) is 5. The molecule has 0 radical (unpaired) electrons. The minimum absolute atomic E-state index is 0.00556. The van der Waals surface area contributed by atoms with Gasteiger partial charge in [0.1, 0.15) is 22.1 Å². The Morgan fingerprint density at radius 1 is 0.811 bits per heavy atom. The number of amides is 1. The van der Waals surface area contributed by atoms with Crippen LogP contribution < -0.4 is 19.5 Å². The fourth-order valence-corrected chi connectivity index (χ4v) is 9.97. The fraction of sp³-hybridized carbons (Fsp3) is 0.257. The van der Waals surface area contributed by atoms with Crippen molar-refractivity contribution < 1.29 is 40.9 Å². The number of benzene rings is 4. The monoisotopic (exact) mass is 876 g/mol. The summed E-state index contributed by atoms with van der Waals surface area (Å²) in [5.74, 6) is 1.77. The van der Waals surface area contributed by atoms with Crippen LogP contribution in [0.25, 0.3) is 11.4 Å². The van der Waals surface area contributed by atoms with Crippen LogP contribution in [0.15, 0.2) is 94.7 Å². The fourth-order valence-electron chi connectivity index (χ4n) is 5.40. The van der Waals surface area contributed by atoms with Crippen molar-refractivity contribution in [2.75, 3.05) is 27.9 Å². The van der Waals surface area contributed by atoms with Gasteiger partial charge >= 0.3 is 6.09 Å². The summed E-state index contributed by atoms with van der Waals surface area (Å²) in [6.07, 6.45) is -1.42. The Morgan fingerprint density at radius 3 is 1.77 bits per heavy atom.